The van der Waals surface area contributed by atoms with Crippen LogP contribution in [0.2, 0.25) is 12.6 Å². The molecule has 1 rings (SSSR count). The average Bonchev–Trinajstić information content (AvgIpc) is 2.03. The molecule has 0 fully saturated rings. The molecule has 0 heterocycles. The molecule has 1 heteroatoms. The Morgan fingerprint density at radius 1 is 1.20 bits per heavy atom. The predicted octanol–water partition coefficient (Wildman–Crippen LogP) is 1.86. The molecule has 0 saturated heterocycles. The molecule has 1 aromatic carbocycles. The zero-order valence-electron chi connectivity index (χ0n) is 6.51. The smallest absolute Gasteiger partial charge is 0.0170 e. The highest BCUT2D eigenvalue weighted by atomic mass is 28.2. The zero-order valence-corrected chi connectivity index (χ0v) is 7.92. The quantitative estimate of drug-likeness (QED) is 0.577. The van der Waals surface area contributed by atoms with E-state index in [9.17, 15) is 0 Å². The first-order chi connectivity index (χ1) is 4.93. The highest BCUT2D eigenvalue weighted by Crippen LogP contribution is 2.01. The van der Waals surface area contributed by atoms with E-state index in [0.29, 0.717) is 0 Å². The van der Waals surface area contributed by atoms with E-state index < -0.39 is 0 Å². The van der Waals surface area contributed by atoms with E-state index >= 15 is 0 Å². The normalized spacial score (nSPS) is 10.9. The molecule has 0 aliphatic heterocycles. The fraction of sp³-hybridized carbons (Fsp3) is 0.333. The summed E-state index contributed by atoms with van der Waals surface area (Å²) in [6.07, 6.45) is 1.30. The number of hydrogen-bond acceptors (Lipinski definition) is 0. The van der Waals surface area contributed by atoms with Crippen LogP contribution >= 0.6 is 0 Å². The monoisotopic (exact) mass is 150 g/mol. The molecule has 0 N–H and O–H groups in total. The summed E-state index contributed by atoms with van der Waals surface area (Å²) in [6.45, 7) is 2.36. The Morgan fingerprint density at radius 2 is 1.90 bits per heavy atom. The van der Waals surface area contributed by atoms with Crippen molar-refractivity contribution in [2.24, 2.45) is 0 Å². The van der Waals surface area contributed by atoms with Gasteiger partial charge in [-0.25, -0.2) is 0 Å². The van der Waals surface area contributed by atoms with Crippen molar-refractivity contribution in [2.75, 3.05) is 0 Å². The molecule has 0 aliphatic rings. The Labute approximate surface area is 65.1 Å². The lowest BCUT2D eigenvalue weighted by Crippen LogP contribution is -1.86. The molecule has 0 nitrogen and oxygen atoms in total. The Bertz CT molecular complexity index is 169. The van der Waals surface area contributed by atoms with Crippen LogP contribution < -0.4 is 0 Å². The van der Waals surface area contributed by atoms with Gasteiger partial charge in [-0.3, -0.25) is 0 Å². The molecule has 1 aromatic rings. The van der Waals surface area contributed by atoms with Gasteiger partial charge in [-0.05, 0) is 12.0 Å². The SMILES string of the molecule is C[SiH2]CCc1ccccc1. The number of aryl methyl sites for hydroxylation is 1. The summed E-state index contributed by atoms with van der Waals surface area (Å²) >= 11 is 0. The van der Waals surface area contributed by atoms with Crippen molar-refractivity contribution >= 4 is 9.52 Å². The van der Waals surface area contributed by atoms with Gasteiger partial charge in [0.25, 0.3) is 0 Å². The van der Waals surface area contributed by atoms with Crippen molar-refractivity contribution in [3.63, 3.8) is 0 Å². The molecule has 10 heavy (non-hydrogen) atoms. The summed E-state index contributed by atoms with van der Waals surface area (Å²) in [5.41, 5.74) is 1.50. The minimum atomic E-state index is 0.270. The lowest BCUT2D eigenvalue weighted by molar-refractivity contribution is 1.12. The second-order valence-corrected chi connectivity index (χ2v) is 4.30. The fourth-order valence-electron chi connectivity index (χ4n) is 1.03. The summed E-state index contributed by atoms with van der Waals surface area (Å²) in [5.74, 6) is 0. The molecule has 0 amide bonds. The van der Waals surface area contributed by atoms with Crippen LogP contribution in [0.1, 0.15) is 5.56 Å². The fourth-order valence-corrected chi connectivity index (χ4v) is 1.79. The number of benzene rings is 1. The van der Waals surface area contributed by atoms with Crippen LogP contribution in [0.25, 0.3) is 0 Å². The number of hydrogen-bond donors (Lipinski definition) is 0. The van der Waals surface area contributed by atoms with Crippen molar-refractivity contribution in [3.05, 3.63) is 35.9 Å². The van der Waals surface area contributed by atoms with Gasteiger partial charge in [-0.1, -0.05) is 42.9 Å². The largest absolute Gasteiger partial charge is 0.0748 e. The maximum absolute atomic E-state index is 2.36. The van der Waals surface area contributed by atoms with Crippen molar-refractivity contribution in [1.29, 1.82) is 0 Å². The summed E-state index contributed by atoms with van der Waals surface area (Å²) in [5, 5.41) is 0. The van der Waals surface area contributed by atoms with E-state index in [1.54, 1.807) is 0 Å². The van der Waals surface area contributed by atoms with Crippen LogP contribution in [0, 0.1) is 0 Å². The third kappa shape index (κ3) is 2.36. The molecule has 0 aliphatic carbocycles. The van der Waals surface area contributed by atoms with E-state index in [4.69, 9.17) is 0 Å². The van der Waals surface area contributed by atoms with Crippen LogP contribution in [0.4, 0.5) is 0 Å². The Kier molecular flexibility index (Phi) is 3.23. The van der Waals surface area contributed by atoms with E-state index in [-0.39, 0.29) is 9.52 Å². The molecule has 0 bridgehead atoms. The minimum Gasteiger partial charge on any atom is -0.0748 e. The van der Waals surface area contributed by atoms with E-state index in [1.165, 1.54) is 18.0 Å². The van der Waals surface area contributed by atoms with Crippen molar-refractivity contribution in [2.45, 2.75) is 19.0 Å². The molecular weight excluding hydrogens is 136 g/mol. The number of rotatable bonds is 3. The Morgan fingerprint density at radius 3 is 2.50 bits per heavy atom. The van der Waals surface area contributed by atoms with Gasteiger partial charge in [-0.15, -0.1) is 0 Å². The van der Waals surface area contributed by atoms with E-state index in [1.807, 2.05) is 0 Å². The lowest BCUT2D eigenvalue weighted by Gasteiger charge is -1.96. The summed E-state index contributed by atoms with van der Waals surface area (Å²) in [6, 6.07) is 12.2. The first kappa shape index (κ1) is 7.54. The van der Waals surface area contributed by atoms with Gasteiger partial charge in [0.2, 0.25) is 0 Å². The standard InChI is InChI=1S/C9H14Si/c1-10-8-7-9-5-3-2-4-6-9/h2-6H,7-8,10H2,1H3. The Balaban J connectivity index is 2.43. The molecule has 0 aromatic heterocycles. The van der Waals surface area contributed by atoms with Crippen LogP contribution in [0.5, 0.6) is 0 Å². The van der Waals surface area contributed by atoms with E-state index in [2.05, 4.69) is 36.9 Å². The summed E-state index contributed by atoms with van der Waals surface area (Å²) in [7, 11) is 0.270. The van der Waals surface area contributed by atoms with Crippen molar-refractivity contribution in [3.8, 4) is 0 Å². The predicted molar refractivity (Wildman–Crippen MR) is 49.4 cm³/mol. The minimum absolute atomic E-state index is 0.270. The first-order valence-electron chi connectivity index (χ1n) is 3.97. The molecule has 0 atom stereocenters. The van der Waals surface area contributed by atoms with Gasteiger partial charge >= 0.3 is 0 Å². The van der Waals surface area contributed by atoms with Crippen LogP contribution in [0.15, 0.2) is 30.3 Å². The van der Waals surface area contributed by atoms with Gasteiger partial charge < -0.3 is 0 Å². The molecule has 0 radical (unpaired) electrons. The van der Waals surface area contributed by atoms with Crippen LogP contribution in [0.3, 0.4) is 0 Å². The summed E-state index contributed by atoms with van der Waals surface area (Å²) in [4.78, 5) is 0. The lowest BCUT2D eigenvalue weighted by atomic mass is 10.2. The Hall–Kier alpha value is -0.563. The second-order valence-electron chi connectivity index (χ2n) is 2.59. The maximum Gasteiger partial charge on any atom is 0.0170 e. The molecule has 0 spiro atoms. The molecular formula is C9H14Si. The van der Waals surface area contributed by atoms with Crippen LogP contribution in [-0.4, -0.2) is 9.52 Å². The van der Waals surface area contributed by atoms with E-state index in [0.717, 1.165) is 0 Å². The van der Waals surface area contributed by atoms with Crippen molar-refractivity contribution in [1.82, 2.24) is 0 Å². The third-order valence-electron chi connectivity index (χ3n) is 1.66. The molecule has 0 saturated carbocycles. The molecule has 0 unspecified atom stereocenters. The van der Waals surface area contributed by atoms with Crippen molar-refractivity contribution < 1.29 is 0 Å². The average molecular weight is 150 g/mol. The van der Waals surface area contributed by atoms with Gasteiger partial charge in [0.15, 0.2) is 0 Å². The maximum atomic E-state index is 2.36. The zero-order chi connectivity index (χ0) is 7.23. The third-order valence-corrected chi connectivity index (χ3v) is 2.72. The molecule has 54 valence electrons. The van der Waals surface area contributed by atoms with Gasteiger partial charge in [0.1, 0.15) is 0 Å². The first-order valence-corrected chi connectivity index (χ1v) is 6.39. The highest BCUT2D eigenvalue weighted by molar-refractivity contribution is 6.33. The topological polar surface area (TPSA) is 0 Å². The van der Waals surface area contributed by atoms with Gasteiger partial charge in [0.05, 0.1) is 0 Å². The van der Waals surface area contributed by atoms with Crippen LogP contribution in [-0.2, 0) is 6.42 Å². The van der Waals surface area contributed by atoms with Gasteiger partial charge in [-0.2, -0.15) is 0 Å². The second kappa shape index (κ2) is 4.28. The summed E-state index contributed by atoms with van der Waals surface area (Å²) < 4.78 is 0. The highest BCUT2D eigenvalue weighted by Gasteiger charge is 1.87. The van der Waals surface area contributed by atoms with Gasteiger partial charge in [0, 0.05) is 9.52 Å².